The topological polar surface area (TPSA) is 73.0 Å². The van der Waals surface area contributed by atoms with E-state index in [1.54, 1.807) is 6.07 Å². The smallest absolute Gasteiger partial charge is 0.230 e. The van der Waals surface area contributed by atoms with Crippen LogP contribution in [0.15, 0.2) is 33.8 Å². The summed E-state index contributed by atoms with van der Waals surface area (Å²) in [6.45, 7) is 2.71. The van der Waals surface area contributed by atoms with Crippen molar-refractivity contribution >= 4 is 40.2 Å². The highest BCUT2D eigenvalue weighted by Crippen LogP contribution is 2.30. The van der Waals surface area contributed by atoms with Crippen molar-refractivity contribution < 1.29 is 9.21 Å². The summed E-state index contributed by atoms with van der Waals surface area (Å²) >= 11 is 7.47. The summed E-state index contributed by atoms with van der Waals surface area (Å²) in [4.78, 5) is 12.3. The molecule has 0 spiro atoms. The number of halogens is 1. The van der Waals surface area contributed by atoms with E-state index in [-0.39, 0.29) is 5.91 Å². The molecule has 1 saturated carbocycles. The van der Waals surface area contributed by atoms with Gasteiger partial charge in [0, 0.05) is 23.0 Å². The Hall–Kier alpha value is -1.99. The maximum Gasteiger partial charge on any atom is 0.230 e. The van der Waals surface area contributed by atoms with Crippen molar-refractivity contribution in [3.05, 3.63) is 29.3 Å². The Morgan fingerprint density at radius 2 is 2.11 bits per heavy atom. The molecule has 1 aliphatic carbocycles. The van der Waals surface area contributed by atoms with Crippen molar-refractivity contribution in [2.75, 3.05) is 5.75 Å². The zero-order valence-electron chi connectivity index (χ0n) is 15.8. The largest absolute Gasteiger partial charge is 0.453 e. The van der Waals surface area contributed by atoms with Gasteiger partial charge in [0.15, 0.2) is 10.9 Å². The monoisotopic (exact) mass is 418 g/mol. The van der Waals surface area contributed by atoms with Gasteiger partial charge in [-0.3, -0.25) is 9.36 Å². The lowest BCUT2D eigenvalue weighted by atomic mass is 9.95. The third-order valence-corrected chi connectivity index (χ3v) is 6.24. The summed E-state index contributed by atoms with van der Waals surface area (Å²) in [7, 11) is 0. The van der Waals surface area contributed by atoms with E-state index in [2.05, 4.69) is 15.5 Å². The van der Waals surface area contributed by atoms with Gasteiger partial charge >= 0.3 is 0 Å². The first-order chi connectivity index (χ1) is 13.6. The summed E-state index contributed by atoms with van der Waals surface area (Å²) in [6, 6.07) is 7.75. The number of carbonyl (C=O) groups excluding carboxylic acids is 1. The van der Waals surface area contributed by atoms with E-state index < -0.39 is 0 Å². The molecule has 0 aliphatic heterocycles. The average molecular weight is 419 g/mol. The molecule has 28 heavy (non-hydrogen) atoms. The van der Waals surface area contributed by atoms with Crippen molar-refractivity contribution in [3.63, 3.8) is 0 Å². The minimum absolute atomic E-state index is 0.0579. The van der Waals surface area contributed by atoms with E-state index in [9.17, 15) is 4.79 Å². The fourth-order valence-electron chi connectivity index (χ4n) is 3.63. The second kappa shape index (κ2) is 8.57. The molecule has 0 unspecified atom stereocenters. The highest BCUT2D eigenvalue weighted by atomic mass is 35.5. The van der Waals surface area contributed by atoms with E-state index in [0.29, 0.717) is 34.9 Å². The molecule has 4 rings (SSSR count). The molecule has 6 nitrogen and oxygen atoms in total. The van der Waals surface area contributed by atoms with Gasteiger partial charge in [0.1, 0.15) is 5.58 Å². The number of rotatable bonds is 6. The number of thioether (sulfide) groups is 1. The maximum atomic E-state index is 12.3. The number of benzene rings is 1. The Morgan fingerprint density at radius 1 is 1.29 bits per heavy atom. The predicted octanol–water partition coefficient (Wildman–Crippen LogP) is 4.91. The molecule has 1 aliphatic rings. The summed E-state index contributed by atoms with van der Waals surface area (Å²) in [5.74, 6) is 1.70. The molecular weight excluding hydrogens is 396 g/mol. The van der Waals surface area contributed by atoms with Crippen molar-refractivity contribution in [1.82, 2.24) is 20.1 Å². The van der Waals surface area contributed by atoms with Crippen LogP contribution in [0, 0.1) is 0 Å². The lowest BCUT2D eigenvalue weighted by Crippen LogP contribution is -2.37. The van der Waals surface area contributed by atoms with E-state index >= 15 is 0 Å². The summed E-state index contributed by atoms with van der Waals surface area (Å²) in [6.07, 6.45) is 5.85. The number of nitrogens with one attached hydrogen (secondary N) is 1. The Labute approximate surface area is 173 Å². The van der Waals surface area contributed by atoms with Crippen LogP contribution in [-0.4, -0.2) is 32.5 Å². The van der Waals surface area contributed by atoms with Crippen LogP contribution in [0.4, 0.5) is 0 Å². The van der Waals surface area contributed by atoms with Gasteiger partial charge < -0.3 is 9.73 Å². The Kier molecular flexibility index (Phi) is 5.92. The van der Waals surface area contributed by atoms with E-state index in [1.807, 2.05) is 29.7 Å². The van der Waals surface area contributed by atoms with Crippen LogP contribution in [0.5, 0.6) is 0 Å². The molecule has 1 aromatic carbocycles. The van der Waals surface area contributed by atoms with Gasteiger partial charge in [-0.2, -0.15) is 0 Å². The Balaban J connectivity index is 1.46. The minimum atomic E-state index is 0.0579. The number of amides is 1. The van der Waals surface area contributed by atoms with Crippen LogP contribution < -0.4 is 5.32 Å². The Morgan fingerprint density at radius 3 is 2.89 bits per heavy atom. The zero-order chi connectivity index (χ0) is 19.5. The first-order valence-electron chi connectivity index (χ1n) is 9.69. The minimum Gasteiger partial charge on any atom is -0.453 e. The van der Waals surface area contributed by atoms with Gasteiger partial charge in [0.25, 0.3) is 0 Å². The third-order valence-electron chi connectivity index (χ3n) is 5.03. The van der Waals surface area contributed by atoms with Gasteiger partial charge in [-0.15, -0.1) is 10.2 Å². The molecule has 0 bridgehead atoms. The second-order valence-corrected chi connectivity index (χ2v) is 8.41. The highest BCUT2D eigenvalue weighted by Gasteiger charge is 2.19. The van der Waals surface area contributed by atoms with Crippen LogP contribution in [0.3, 0.4) is 0 Å². The highest BCUT2D eigenvalue weighted by molar-refractivity contribution is 7.99. The third kappa shape index (κ3) is 4.20. The van der Waals surface area contributed by atoms with Gasteiger partial charge in [0.05, 0.1) is 5.75 Å². The molecule has 148 valence electrons. The molecule has 0 atom stereocenters. The van der Waals surface area contributed by atoms with Gasteiger partial charge in [-0.1, -0.05) is 42.6 Å². The van der Waals surface area contributed by atoms with Crippen LogP contribution in [-0.2, 0) is 11.3 Å². The first-order valence-corrected chi connectivity index (χ1v) is 11.0. The summed E-state index contributed by atoms with van der Waals surface area (Å²) in [5.41, 5.74) is 0.756. The lowest BCUT2D eigenvalue weighted by Gasteiger charge is -2.22. The molecule has 3 aromatic rings. The molecule has 0 radical (unpaired) electrons. The normalized spacial score (nSPS) is 15.2. The zero-order valence-corrected chi connectivity index (χ0v) is 17.4. The number of nitrogens with zero attached hydrogens (tertiary/aromatic N) is 3. The van der Waals surface area contributed by atoms with E-state index in [4.69, 9.17) is 16.0 Å². The average Bonchev–Trinajstić information content (AvgIpc) is 3.30. The first kappa shape index (κ1) is 19.3. The number of hydrogen-bond donors (Lipinski definition) is 1. The molecule has 1 N–H and O–H groups in total. The predicted molar refractivity (Wildman–Crippen MR) is 112 cm³/mol. The molecule has 0 saturated heterocycles. The van der Waals surface area contributed by atoms with Crippen LogP contribution >= 0.6 is 23.4 Å². The van der Waals surface area contributed by atoms with Gasteiger partial charge in [-0.25, -0.2) is 0 Å². The summed E-state index contributed by atoms with van der Waals surface area (Å²) in [5, 5.41) is 14.0. The molecular formula is C20H23ClN4O2S. The maximum absolute atomic E-state index is 12.3. The number of carbonyl (C=O) groups is 1. The molecule has 1 fully saturated rings. The van der Waals surface area contributed by atoms with Crippen LogP contribution in [0.2, 0.25) is 5.02 Å². The van der Waals surface area contributed by atoms with Crippen molar-refractivity contribution in [2.45, 2.75) is 56.8 Å². The van der Waals surface area contributed by atoms with Crippen molar-refractivity contribution in [3.8, 4) is 11.6 Å². The quantitative estimate of drug-likeness (QED) is 0.576. The number of hydrogen-bond acceptors (Lipinski definition) is 5. The lowest BCUT2D eigenvalue weighted by molar-refractivity contribution is -0.119. The van der Waals surface area contributed by atoms with Crippen LogP contribution in [0.1, 0.15) is 39.0 Å². The SMILES string of the molecule is CCn1c(SCC(=O)NC2CCCCC2)nnc1-c1cc2cc(Cl)ccc2o1. The molecule has 8 heteroatoms. The fraction of sp³-hybridized carbons (Fsp3) is 0.450. The van der Waals surface area contributed by atoms with E-state index in [0.717, 1.165) is 29.0 Å². The number of aromatic nitrogens is 3. The molecule has 1 amide bonds. The molecule has 2 heterocycles. The van der Waals surface area contributed by atoms with E-state index in [1.165, 1.54) is 31.0 Å². The van der Waals surface area contributed by atoms with Crippen LogP contribution in [0.25, 0.3) is 22.6 Å². The van der Waals surface area contributed by atoms with Crippen molar-refractivity contribution in [2.24, 2.45) is 0 Å². The van der Waals surface area contributed by atoms with Crippen molar-refractivity contribution in [1.29, 1.82) is 0 Å². The fourth-order valence-corrected chi connectivity index (χ4v) is 4.63. The van der Waals surface area contributed by atoms with Gasteiger partial charge in [-0.05, 0) is 44.0 Å². The number of furan rings is 1. The second-order valence-electron chi connectivity index (χ2n) is 7.03. The van der Waals surface area contributed by atoms with Gasteiger partial charge in [0.2, 0.25) is 11.7 Å². The summed E-state index contributed by atoms with van der Waals surface area (Å²) < 4.78 is 7.89. The molecule has 2 aromatic heterocycles. The Bertz CT molecular complexity index is 978. The number of fused-ring (bicyclic) bond motifs is 1. The standard InChI is InChI=1S/C20H23ClN4O2S/c1-2-25-19(17-11-13-10-14(21)8-9-16(13)27-17)23-24-20(25)28-12-18(26)22-15-6-4-3-5-7-15/h8-11,15H,2-7,12H2,1H3,(H,22,26).